The first-order valence-corrected chi connectivity index (χ1v) is 8.44. The first-order valence-electron chi connectivity index (χ1n) is 5.37. The highest BCUT2D eigenvalue weighted by Crippen LogP contribution is 2.25. The number of rotatable bonds is 7. The molecule has 0 amide bonds. The Kier molecular flexibility index (Phi) is 6.92. The molecule has 108 valence electrons. The lowest BCUT2D eigenvalue weighted by atomic mass is 10.4. The minimum Gasteiger partial charge on any atom is -0.382 e. The van der Waals surface area contributed by atoms with Crippen molar-refractivity contribution >= 4 is 41.9 Å². The Morgan fingerprint density at radius 2 is 2.00 bits per heavy atom. The van der Waals surface area contributed by atoms with Crippen LogP contribution in [0.5, 0.6) is 0 Å². The van der Waals surface area contributed by atoms with Gasteiger partial charge in [-0.25, -0.2) is 13.1 Å². The van der Waals surface area contributed by atoms with Gasteiger partial charge < -0.3 is 9.47 Å². The molecule has 1 aromatic rings. The van der Waals surface area contributed by atoms with Gasteiger partial charge in [-0.3, -0.25) is 0 Å². The van der Waals surface area contributed by atoms with Crippen LogP contribution in [-0.4, -0.2) is 41.9 Å². The van der Waals surface area contributed by atoms with E-state index in [1.54, 1.807) is 12.1 Å². The molecule has 0 aliphatic rings. The summed E-state index contributed by atoms with van der Waals surface area (Å²) in [4.78, 5) is 0.175. The van der Waals surface area contributed by atoms with Gasteiger partial charge in [0.25, 0.3) is 0 Å². The summed E-state index contributed by atoms with van der Waals surface area (Å²) in [5.74, 6) is 0. The maximum absolute atomic E-state index is 12.2. The zero-order valence-electron chi connectivity index (χ0n) is 10.5. The first kappa shape index (κ1) is 17.1. The average Bonchev–Trinajstić information content (AvgIpc) is 2.37. The molecule has 5 nitrogen and oxygen atoms in total. The van der Waals surface area contributed by atoms with E-state index < -0.39 is 10.0 Å². The highest BCUT2D eigenvalue weighted by molar-refractivity contribution is 9.11. The summed E-state index contributed by atoms with van der Waals surface area (Å²) in [6, 6.07) is 4.96. The van der Waals surface area contributed by atoms with Crippen molar-refractivity contribution in [3.8, 4) is 0 Å². The molecule has 0 aliphatic carbocycles. The van der Waals surface area contributed by atoms with Crippen molar-refractivity contribution in [3.63, 3.8) is 0 Å². The van der Waals surface area contributed by atoms with Crippen LogP contribution in [0.3, 0.4) is 0 Å². The van der Waals surface area contributed by atoms with E-state index in [-0.39, 0.29) is 17.5 Å². The van der Waals surface area contributed by atoms with Crippen LogP contribution >= 0.6 is 31.9 Å². The van der Waals surface area contributed by atoms with E-state index in [1.807, 2.05) is 0 Å². The summed E-state index contributed by atoms with van der Waals surface area (Å²) in [7, 11) is -0.559. The van der Waals surface area contributed by atoms with Crippen LogP contribution in [0, 0.1) is 0 Å². The summed E-state index contributed by atoms with van der Waals surface area (Å²) in [6.45, 7) is 0.463. The highest BCUT2D eigenvalue weighted by Gasteiger charge is 2.19. The minimum atomic E-state index is -3.60. The van der Waals surface area contributed by atoms with Gasteiger partial charge in [-0.2, -0.15) is 0 Å². The molecule has 1 atom stereocenters. The Balaban J connectivity index is 2.83. The third kappa shape index (κ3) is 5.13. The molecule has 8 heteroatoms. The largest absolute Gasteiger partial charge is 0.382 e. The highest BCUT2D eigenvalue weighted by atomic mass is 79.9. The van der Waals surface area contributed by atoms with Gasteiger partial charge in [-0.15, -0.1) is 0 Å². The molecule has 1 rings (SSSR count). The summed E-state index contributed by atoms with van der Waals surface area (Å²) in [6.07, 6.45) is -0.328. The number of hydrogen-bond acceptors (Lipinski definition) is 4. The number of hydrogen-bond donors (Lipinski definition) is 1. The second-order valence-electron chi connectivity index (χ2n) is 3.74. The molecule has 0 fully saturated rings. The van der Waals surface area contributed by atoms with Crippen LogP contribution in [0.4, 0.5) is 0 Å². The quantitative estimate of drug-likeness (QED) is 0.739. The maximum atomic E-state index is 12.2. The SMILES string of the molecule is COCC(CNS(=O)(=O)c1cc(Br)ccc1Br)OC. The van der Waals surface area contributed by atoms with Crippen LogP contribution in [0.15, 0.2) is 32.0 Å². The van der Waals surface area contributed by atoms with Gasteiger partial charge in [0.1, 0.15) is 0 Å². The number of halogens is 2. The molecule has 0 bridgehead atoms. The van der Waals surface area contributed by atoms with Gasteiger partial charge in [-0.05, 0) is 34.1 Å². The smallest absolute Gasteiger partial charge is 0.241 e. The van der Waals surface area contributed by atoms with Gasteiger partial charge in [0, 0.05) is 29.7 Å². The Labute approximate surface area is 130 Å². The Hall–Kier alpha value is 0.01000. The fourth-order valence-corrected chi connectivity index (χ4v) is 3.93. The lowest BCUT2D eigenvalue weighted by Crippen LogP contribution is -2.35. The fraction of sp³-hybridized carbons (Fsp3) is 0.455. The summed E-state index contributed by atoms with van der Waals surface area (Å²) in [5, 5.41) is 0. The lowest BCUT2D eigenvalue weighted by molar-refractivity contribution is 0.0320. The predicted octanol–water partition coefficient (Wildman–Crippen LogP) is 2.15. The zero-order chi connectivity index (χ0) is 14.5. The first-order chi connectivity index (χ1) is 8.90. The third-order valence-corrected chi connectivity index (χ3v) is 5.28. The van der Waals surface area contributed by atoms with Crippen LogP contribution < -0.4 is 4.72 Å². The van der Waals surface area contributed by atoms with E-state index >= 15 is 0 Å². The van der Waals surface area contributed by atoms with Crippen molar-refractivity contribution < 1.29 is 17.9 Å². The van der Waals surface area contributed by atoms with Crippen molar-refractivity contribution in [3.05, 3.63) is 27.1 Å². The standard InChI is InChI=1S/C11H15Br2NO4S/c1-17-7-9(18-2)6-14-19(15,16)11-5-8(12)3-4-10(11)13/h3-5,9,14H,6-7H2,1-2H3. The molecule has 0 heterocycles. The van der Waals surface area contributed by atoms with E-state index in [2.05, 4.69) is 36.6 Å². The molecule has 0 aromatic heterocycles. The Bertz CT molecular complexity index is 521. The summed E-state index contributed by atoms with van der Waals surface area (Å²) < 4.78 is 38.1. The molecule has 1 aromatic carbocycles. The maximum Gasteiger partial charge on any atom is 0.241 e. The molecule has 19 heavy (non-hydrogen) atoms. The molecule has 0 radical (unpaired) electrons. The van der Waals surface area contributed by atoms with Crippen molar-refractivity contribution in [1.29, 1.82) is 0 Å². The van der Waals surface area contributed by atoms with Crippen LogP contribution in [0.25, 0.3) is 0 Å². The minimum absolute atomic E-state index is 0.144. The Morgan fingerprint density at radius 3 is 2.58 bits per heavy atom. The monoisotopic (exact) mass is 415 g/mol. The third-order valence-electron chi connectivity index (χ3n) is 2.37. The van der Waals surface area contributed by atoms with Crippen molar-refractivity contribution in [2.24, 2.45) is 0 Å². The fourth-order valence-electron chi connectivity index (χ4n) is 1.36. The molecule has 0 spiro atoms. The van der Waals surface area contributed by atoms with Crippen molar-refractivity contribution in [2.45, 2.75) is 11.0 Å². The molecule has 1 N–H and O–H groups in total. The van der Waals surface area contributed by atoms with Crippen LogP contribution in [0.1, 0.15) is 0 Å². The van der Waals surface area contributed by atoms with E-state index in [0.717, 1.165) is 0 Å². The summed E-state index contributed by atoms with van der Waals surface area (Å²) in [5.41, 5.74) is 0. The van der Waals surface area contributed by atoms with Gasteiger partial charge >= 0.3 is 0 Å². The van der Waals surface area contributed by atoms with Crippen LogP contribution in [0.2, 0.25) is 0 Å². The molecule has 0 saturated heterocycles. The zero-order valence-corrected chi connectivity index (χ0v) is 14.5. The van der Waals surface area contributed by atoms with E-state index in [1.165, 1.54) is 20.3 Å². The van der Waals surface area contributed by atoms with E-state index in [9.17, 15) is 8.42 Å². The van der Waals surface area contributed by atoms with Gasteiger partial charge in [0.05, 0.1) is 17.6 Å². The Morgan fingerprint density at radius 1 is 1.32 bits per heavy atom. The normalized spacial score (nSPS) is 13.5. The van der Waals surface area contributed by atoms with Crippen LogP contribution in [-0.2, 0) is 19.5 Å². The number of ether oxygens (including phenoxy) is 2. The second kappa shape index (κ2) is 7.70. The molecule has 0 aliphatic heterocycles. The number of benzene rings is 1. The van der Waals surface area contributed by atoms with Gasteiger partial charge in [0.2, 0.25) is 10.0 Å². The van der Waals surface area contributed by atoms with E-state index in [4.69, 9.17) is 9.47 Å². The lowest BCUT2D eigenvalue weighted by Gasteiger charge is -2.15. The van der Waals surface area contributed by atoms with E-state index in [0.29, 0.717) is 15.6 Å². The predicted molar refractivity (Wildman–Crippen MR) is 79.7 cm³/mol. The van der Waals surface area contributed by atoms with Gasteiger partial charge in [0.15, 0.2) is 0 Å². The average molecular weight is 417 g/mol. The molecular weight excluding hydrogens is 402 g/mol. The summed E-state index contributed by atoms with van der Waals surface area (Å²) >= 11 is 6.47. The topological polar surface area (TPSA) is 64.6 Å². The number of nitrogens with one attached hydrogen (secondary N) is 1. The number of sulfonamides is 1. The van der Waals surface area contributed by atoms with Gasteiger partial charge in [-0.1, -0.05) is 15.9 Å². The second-order valence-corrected chi connectivity index (χ2v) is 7.25. The molecular formula is C11H15Br2NO4S. The number of methoxy groups -OCH3 is 2. The molecule has 1 unspecified atom stereocenters. The van der Waals surface area contributed by atoms with Crippen molar-refractivity contribution in [2.75, 3.05) is 27.4 Å². The molecule has 0 saturated carbocycles. The van der Waals surface area contributed by atoms with Crippen molar-refractivity contribution in [1.82, 2.24) is 4.72 Å².